The van der Waals surface area contributed by atoms with Gasteiger partial charge in [0.1, 0.15) is 0 Å². The molecule has 0 amide bonds. The van der Waals surface area contributed by atoms with Gasteiger partial charge in [0.2, 0.25) is 5.95 Å². The maximum absolute atomic E-state index is 13.1. The number of pyridine rings is 1. The van der Waals surface area contributed by atoms with Crippen LogP contribution in [0.15, 0.2) is 48.7 Å². The first-order chi connectivity index (χ1) is 14.9. The third kappa shape index (κ3) is 4.72. The van der Waals surface area contributed by atoms with E-state index in [0.29, 0.717) is 23.9 Å². The highest BCUT2D eigenvalue weighted by Crippen LogP contribution is 2.44. The summed E-state index contributed by atoms with van der Waals surface area (Å²) < 4.78 is 19.7. The van der Waals surface area contributed by atoms with E-state index < -0.39 is 5.95 Å². The van der Waals surface area contributed by atoms with E-state index >= 15 is 0 Å². The first kappa shape index (κ1) is 22.4. The van der Waals surface area contributed by atoms with Gasteiger partial charge >= 0.3 is 0 Å². The van der Waals surface area contributed by atoms with Crippen LogP contribution in [0.2, 0.25) is 5.02 Å². The SMILES string of the molecule is CC[C@H]1OC(c2ccc(Cl)c(Cc3ccc(-c4ccc(F)nc4)s3)c2)[C@H](C)[C@@H](C)[C@@H]1C. The quantitative estimate of drug-likeness (QED) is 0.362. The minimum absolute atomic E-state index is 0.0938. The number of nitrogens with zero attached hydrogens (tertiary/aromatic N) is 1. The molecule has 0 spiro atoms. The summed E-state index contributed by atoms with van der Waals surface area (Å²) in [7, 11) is 0. The third-order valence-electron chi connectivity index (χ3n) is 6.88. The molecule has 1 aliphatic heterocycles. The molecule has 0 aliphatic carbocycles. The first-order valence-electron chi connectivity index (χ1n) is 11.0. The number of hydrogen-bond donors (Lipinski definition) is 0. The molecule has 3 heterocycles. The molecule has 1 unspecified atom stereocenters. The van der Waals surface area contributed by atoms with Crippen molar-refractivity contribution in [3.8, 4) is 10.4 Å². The molecule has 164 valence electrons. The number of ether oxygens (including phenoxy) is 1. The normalized spacial score (nSPS) is 26.2. The Labute approximate surface area is 193 Å². The van der Waals surface area contributed by atoms with Crippen molar-refractivity contribution < 1.29 is 9.13 Å². The fourth-order valence-corrected chi connectivity index (χ4v) is 5.83. The van der Waals surface area contributed by atoms with E-state index in [2.05, 4.69) is 56.9 Å². The van der Waals surface area contributed by atoms with Crippen LogP contribution in [0.3, 0.4) is 0 Å². The highest BCUT2D eigenvalue weighted by molar-refractivity contribution is 7.15. The smallest absolute Gasteiger partial charge is 0.212 e. The van der Waals surface area contributed by atoms with Gasteiger partial charge in [0, 0.05) is 33.0 Å². The molecule has 31 heavy (non-hydrogen) atoms. The average Bonchev–Trinajstić information content (AvgIpc) is 3.23. The molecule has 1 aromatic carbocycles. The first-order valence-corrected chi connectivity index (χ1v) is 12.2. The lowest BCUT2D eigenvalue weighted by atomic mass is 9.74. The van der Waals surface area contributed by atoms with Crippen molar-refractivity contribution in [2.24, 2.45) is 17.8 Å². The Bertz CT molecular complexity index is 1030. The lowest BCUT2D eigenvalue weighted by Gasteiger charge is -2.44. The lowest BCUT2D eigenvalue weighted by molar-refractivity contribution is -0.136. The van der Waals surface area contributed by atoms with Crippen LogP contribution in [-0.2, 0) is 11.2 Å². The summed E-state index contributed by atoms with van der Waals surface area (Å²) in [5.74, 6) is 1.16. The fourth-order valence-electron chi connectivity index (χ4n) is 4.62. The van der Waals surface area contributed by atoms with Gasteiger partial charge in [-0.15, -0.1) is 11.3 Å². The van der Waals surface area contributed by atoms with Gasteiger partial charge in [0.25, 0.3) is 0 Å². The van der Waals surface area contributed by atoms with Crippen molar-refractivity contribution >= 4 is 22.9 Å². The van der Waals surface area contributed by atoms with E-state index in [0.717, 1.165) is 33.9 Å². The van der Waals surface area contributed by atoms with E-state index in [1.54, 1.807) is 23.6 Å². The molecule has 0 radical (unpaired) electrons. The van der Waals surface area contributed by atoms with Crippen molar-refractivity contribution in [3.63, 3.8) is 0 Å². The average molecular weight is 458 g/mol. The van der Waals surface area contributed by atoms with Gasteiger partial charge in [-0.2, -0.15) is 4.39 Å². The number of benzene rings is 1. The van der Waals surface area contributed by atoms with Crippen LogP contribution in [0.25, 0.3) is 10.4 Å². The molecule has 1 fully saturated rings. The second-order valence-electron chi connectivity index (χ2n) is 8.74. The molecule has 0 saturated carbocycles. The Morgan fingerprint density at radius 2 is 1.84 bits per heavy atom. The Kier molecular flexibility index (Phi) is 6.80. The minimum Gasteiger partial charge on any atom is -0.370 e. The van der Waals surface area contributed by atoms with Crippen molar-refractivity contribution in [3.05, 3.63) is 75.6 Å². The molecule has 2 nitrogen and oxygen atoms in total. The van der Waals surface area contributed by atoms with Gasteiger partial charge in [-0.1, -0.05) is 51.4 Å². The molecular weight excluding hydrogens is 429 g/mol. The standard InChI is InChI=1S/C26H29ClFNOS/c1-5-23-16(3)15(2)17(4)26(30-23)18-6-9-22(27)20(12-18)13-21-8-10-24(31-21)19-7-11-25(28)29-14-19/h6-12,14-17,23,26H,5,13H2,1-4H3/t15-,16-,17+,23+,26?/m0/s1. The second kappa shape index (κ2) is 9.40. The van der Waals surface area contributed by atoms with E-state index in [-0.39, 0.29) is 6.10 Å². The Hall–Kier alpha value is -1.75. The summed E-state index contributed by atoms with van der Waals surface area (Å²) in [5.41, 5.74) is 3.25. The predicted octanol–water partition coefficient (Wildman–Crippen LogP) is 7.95. The Morgan fingerprint density at radius 1 is 1.03 bits per heavy atom. The van der Waals surface area contributed by atoms with Crippen molar-refractivity contribution in [1.82, 2.24) is 4.98 Å². The molecule has 1 saturated heterocycles. The van der Waals surface area contributed by atoms with E-state index in [1.165, 1.54) is 16.5 Å². The number of rotatable bonds is 5. The van der Waals surface area contributed by atoms with Crippen LogP contribution in [0, 0.1) is 23.7 Å². The minimum atomic E-state index is -0.461. The van der Waals surface area contributed by atoms with E-state index in [9.17, 15) is 4.39 Å². The molecule has 1 aliphatic rings. The van der Waals surface area contributed by atoms with Crippen molar-refractivity contribution in [2.75, 3.05) is 0 Å². The molecule has 0 N–H and O–H groups in total. The molecule has 4 rings (SSSR count). The van der Waals surface area contributed by atoms with Gasteiger partial charge in [0.15, 0.2) is 0 Å². The highest BCUT2D eigenvalue weighted by atomic mass is 35.5. The van der Waals surface area contributed by atoms with Crippen LogP contribution in [0.5, 0.6) is 0 Å². The Morgan fingerprint density at radius 3 is 2.55 bits per heavy atom. The molecule has 2 aromatic heterocycles. The predicted molar refractivity (Wildman–Crippen MR) is 127 cm³/mol. The summed E-state index contributed by atoms with van der Waals surface area (Å²) in [5, 5.41) is 0.777. The number of aromatic nitrogens is 1. The summed E-state index contributed by atoms with van der Waals surface area (Å²) in [6.07, 6.45) is 3.75. The van der Waals surface area contributed by atoms with E-state index in [1.807, 2.05) is 6.07 Å². The largest absolute Gasteiger partial charge is 0.370 e. The monoisotopic (exact) mass is 457 g/mol. The molecule has 5 heteroatoms. The maximum atomic E-state index is 13.1. The molecule has 5 atom stereocenters. The topological polar surface area (TPSA) is 22.1 Å². The van der Waals surface area contributed by atoms with Crippen LogP contribution in [-0.4, -0.2) is 11.1 Å². The summed E-state index contributed by atoms with van der Waals surface area (Å²) in [4.78, 5) is 6.05. The molecule has 3 aromatic rings. The van der Waals surface area contributed by atoms with Crippen molar-refractivity contribution in [1.29, 1.82) is 0 Å². The molecule has 0 bridgehead atoms. The lowest BCUT2D eigenvalue weighted by Crippen LogP contribution is -2.40. The zero-order chi connectivity index (χ0) is 22.1. The van der Waals surface area contributed by atoms with Crippen LogP contribution in [0.4, 0.5) is 4.39 Å². The van der Waals surface area contributed by atoms with Gasteiger partial charge < -0.3 is 4.74 Å². The van der Waals surface area contributed by atoms with Crippen LogP contribution in [0.1, 0.15) is 56.2 Å². The van der Waals surface area contributed by atoms with Crippen LogP contribution >= 0.6 is 22.9 Å². The zero-order valence-electron chi connectivity index (χ0n) is 18.4. The van der Waals surface area contributed by atoms with Crippen molar-refractivity contribution in [2.45, 2.75) is 52.7 Å². The van der Waals surface area contributed by atoms with Gasteiger partial charge in [-0.25, -0.2) is 4.98 Å². The van der Waals surface area contributed by atoms with Crippen LogP contribution < -0.4 is 0 Å². The number of halogens is 2. The fraction of sp³-hybridized carbons (Fsp3) is 0.423. The second-order valence-corrected chi connectivity index (χ2v) is 10.3. The van der Waals surface area contributed by atoms with E-state index in [4.69, 9.17) is 16.3 Å². The summed E-state index contributed by atoms with van der Waals surface area (Å²) in [6, 6.07) is 13.7. The van der Waals surface area contributed by atoms with Gasteiger partial charge in [-0.05, 0) is 65.6 Å². The number of hydrogen-bond acceptors (Lipinski definition) is 3. The number of thiophene rings is 1. The van der Waals surface area contributed by atoms with Gasteiger partial charge in [0.05, 0.1) is 12.2 Å². The zero-order valence-corrected chi connectivity index (χ0v) is 20.0. The summed E-state index contributed by atoms with van der Waals surface area (Å²) in [6.45, 7) is 9.17. The maximum Gasteiger partial charge on any atom is 0.212 e. The Balaban J connectivity index is 1.57. The summed E-state index contributed by atoms with van der Waals surface area (Å²) >= 11 is 8.27. The highest BCUT2D eigenvalue weighted by Gasteiger charge is 2.38. The third-order valence-corrected chi connectivity index (χ3v) is 8.39. The molecular formula is C26H29ClFNOS. The van der Waals surface area contributed by atoms with Gasteiger partial charge in [-0.3, -0.25) is 0 Å².